The van der Waals surface area contributed by atoms with Crippen molar-refractivity contribution in [2.24, 2.45) is 5.92 Å². The molecule has 0 aromatic carbocycles. The van der Waals surface area contributed by atoms with E-state index >= 15 is 0 Å². The number of carbonyl (C=O) groups is 1. The molecular formula is C13H23NO3S. The second-order valence-corrected chi connectivity index (χ2v) is 7.82. The molecule has 0 N–H and O–H groups in total. The van der Waals surface area contributed by atoms with Crippen molar-refractivity contribution in [1.82, 2.24) is 4.90 Å². The summed E-state index contributed by atoms with van der Waals surface area (Å²) in [4.78, 5) is 14.1. The SMILES string of the molecule is CCN(C(=O)CC1CCCC1)C1CCS(=O)(=O)C1. The van der Waals surface area contributed by atoms with Crippen LogP contribution in [0.15, 0.2) is 0 Å². The molecule has 18 heavy (non-hydrogen) atoms. The molecule has 0 spiro atoms. The van der Waals surface area contributed by atoms with E-state index in [4.69, 9.17) is 0 Å². The van der Waals surface area contributed by atoms with Gasteiger partial charge in [-0.25, -0.2) is 8.42 Å². The number of rotatable bonds is 4. The zero-order valence-electron chi connectivity index (χ0n) is 11.1. The van der Waals surface area contributed by atoms with Crippen molar-refractivity contribution in [3.05, 3.63) is 0 Å². The van der Waals surface area contributed by atoms with E-state index in [0.717, 1.165) is 12.8 Å². The van der Waals surface area contributed by atoms with Gasteiger partial charge < -0.3 is 4.90 Å². The molecule has 1 atom stereocenters. The van der Waals surface area contributed by atoms with E-state index in [1.54, 1.807) is 4.90 Å². The fourth-order valence-electron chi connectivity index (χ4n) is 3.24. The Hall–Kier alpha value is -0.580. The van der Waals surface area contributed by atoms with Gasteiger partial charge in [-0.2, -0.15) is 0 Å². The first-order valence-corrected chi connectivity index (χ1v) is 8.84. The summed E-state index contributed by atoms with van der Waals surface area (Å²) in [6.45, 7) is 2.57. The quantitative estimate of drug-likeness (QED) is 0.782. The van der Waals surface area contributed by atoms with Gasteiger partial charge in [0.2, 0.25) is 5.91 Å². The summed E-state index contributed by atoms with van der Waals surface area (Å²) in [5.74, 6) is 1.10. The van der Waals surface area contributed by atoms with Crippen LogP contribution < -0.4 is 0 Å². The van der Waals surface area contributed by atoms with E-state index in [1.165, 1.54) is 12.8 Å². The highest BCUT2D eigenvalue weighted by molar-refractivity contribution is 7.91. The Morgan fingerprint density at radius 2 is 1.89 bits per heavy atom. The van der Waals surface area contributed by atoms with E-state index in [-0.39, 0.29) is 23.5 Å². The van der Waals surface area contributed by atoms with E-state index in [2.05, 4.69) is 0 Å². The lowest BCUT2D eigenvalue weighted by Gasteiger charge is -2.28. The Labute approximate surface area is 110 Å². The third kappa shape index (κ3) is 3.25. The molecule has 2 fully saturated rings. The molecule has 5 heteroatoms. The Morgan fingerprint density at radius 1 is 1.22 bits per heavy atom. The second-order valence-electron chi connectivity index (χ2n) is 5.59. The third-order valence-corrected chi connectivity index (χ3v) is 6.00. The van der Waals surface area contributed by atoms with Gasteiger partial charge in [0.05, 0.1) is 11.5 Å². The van der Waals surface area contributed by atoms with Gasteiger partial charge in [0.25, 0.3) is 0 Å². The number of hydrogen-bond acceptors (Lipinski definition) is 3. The number of carbonyl (C=O) groups excluding carboxylic acids is 1. The molecule has 2 rings (SSSR count). The van der Waals surface area contributed by atoms with Gasteiger partial charge in [-0.05, 0) is 32.1 Å². The van der Waals surface area contributed by atoms with Crippen LogP contribution in [0.1, 0.15) is 45.4 Å². The van der Waals surface area contributed by atoms with E-state index in [1.807, 2.05) is 6.92 Å². The molecule has 0 aromatic heterocycles. The van der Waals surface area contributed by atoms with Gasteiger partial charge in [-0.15, -0.1) is 0 Å². The Balaban J connectivity index is 1.93. The second kappa shape index (κ2) is 5.59. The van der Waals surface area contributed by atoms with Gasteiger partial charge in [-0.1, -0.05) is 12.8 Å². The predicted octanol–water partition coefficient (Wildman–Crippen LogP) is 1.60. The maximum atomic E-state index is 12.3. The monoisotopic (exact) mass is 273 g/mol. The molecule has 0 aromatic rings. The van der Waals surface area contributed by atoms with Crippen LogP contribution in [0, 0.1) is 5.92 Å². The lowest BCUT2D eigenvalue weighted by atomic mass is 10.0. The number of sulfone groups is 1. The largest absolute Gasteiger partial charge is 0.339 e. The Kier molecular flexibility index (Phi) is 4.30. The molecule has 1 heterocycles. The highest BCUT2D eigenvalue weighted by Gasteiger charge is 2.34. The molecular weight excluding hydrogens is 250 g/mol. The van der Waals surface area contributed by atoms with Gasteiger partial charge in [0.1, 0.15) is 0 Å². The average Bonchev–Trinajstić information content (AvgIpc) is 2.89. The first kappa shape index (κ1) is 13.8. The minimum absolute atomic E-state index is 0.0751. The summed E-state index contributed by atoms with van der Waals surface area (Å²) < 4.78 is 23.0. The van der Waals surface area contributed by atoms with E-state index < -0.39 is 9.84 Å². The van der Waals surface area contributed by atoms with Crippen molar-refractivity contribution in [2.75, 3.05) is 18.1 Å². The van der Waals surface area contributed by atoms with Crippen LogP contribution in [0.3, 0.4) is 0 Å². The lowest BCUT2D eigenvalue weighted by Crippen LogP contribution is -2.41. The summed E-state index contributed by atoms with van der Waals surface area (Å²) >= 11 is 0. The van der Waals surface area contributed by atoms with Crippen LogP contribution >= 0.6 is 0 Å². The third-order valence-electron chi connectivity index (χ3n) is 4.25. The summed E-state index contributed by atoms with van der Waals surface area (Å²) in [6.07, 6.45) is 6.03. The Morgan fingerprint density at radius 3 is 2.39 bits per heavy atom. The van der Waals surface area contributed by atoms with Crippen LogP contribution in [0.4, 0.5) is 0 Å². The first-order valence-electron chi connectivity index (χ1n) is 7.01. The standard InChI is InChI=1S/C13H23NO3S/c1-2-14(12-7-8-18(16,17)10-12)13(15)9-11-5-3-4-6-11/h11-12H,2-10H2,1H3. The van der Waals surface area contributed by atoms with Gasteiger partial charge >= 0.3 is 0 Å². The molecule has 1 amide bonds. The van der Waals surface area contributed by atoms with Crippen LogP contribution in [-0.2, 0) is 14.6 Å². The minimum atomic E-state index is -2.91. The fraction of sp³-hybridized carbons (Fsp3) is 0.923. The number of hydrogen-bond donors (Lipinski definition) is 0. The van der Waals surface area contributed by atoms with Crippen LogP contribution in [0.25, 0.3) is 0 Å². The zero-order chi connectivity index (χ0) is 13.2. The highest BCUT2D eigenvalue weighted by Crippen LogP contribution is 2.29. The summed E-state index contributed by atoms with van der Waals surface area (Å²) in [5, 5.41) is 0. The van der Waals surface area contributed by atoms with Gasteiger partial charge in [0, 0.05) is 19.0 Å². The average molecular weight is 273 g/mol. The smallest absolute Gasteiger partial charge is 0.223 e. The number of amides is 1. The number of nitrogens with zero attached hydrogens (tertiary/aromatic N) is 1. The summed E-state index contributed by atoms with van der Waals surface area (Å²) in [7, 11) is -2.91. The molecule has 0 bridgehead atoms. The van der Waals surface area contributed by atoms with E-state index in [9.17, 15) is 13.2 Å². The zero-order valence-corrected chi connectivity index (χ0v) is 11.9. The van der Waals surface area contributed by atoms with Crippen LogP contribution in [0.5, 0.6) is 0 Å². The maximum absolute atomic E-state index is 12.3. The molecule has 1 saturated heterocycles. The molecule has 1 aliphatic carbocycles. The summed E-state index contributed by atoms with van der Waals surface area (Å²) in [5.41, 5.74) is 0. The van der Waals surface area contributed by atoms with Crippen molar-refractivity contribution < 1.29 is 13.2 Å². The molecule has 2 aliphatic rings. The van der Waals surface area contributed by atoms with E-state index in [0.29, 0.717) is 25.3 Å². The molecule has 104 valence electrons. The van der Waals surface area contributed by atoms with Crippen molar-refractivity contribution in [3.8, 4) is 0 Å². The van der Waals surface area contributed by atoms with Crippen molar-refractivity contribution in [2.45, 2.75) is 51.5 Å². The first-order chi connectivity index (χ1) is 8.52. The van der Waals surface area contributed by atoms with Crippen molar-refractivity contribution in [1.29, 1.82) is 0 Å². The van der Waals surface area contributed by atoms with Crippen LogP contribution in [0.2, 0.25) is 0 Å². The normalized spacial score (nSPS) is 27.5. The van der Waals surface area contributed by atoms with Gasteiger partial charge in [0.15, 0.2) is 9.84 Å². The van der Waals surface area contributed by atoms with Crippen molar-refractivity contribution in [3.63, 3.8) is 0 Å². The molecule has 4 nitrogen and oxygen atoms in total. The molecule has 0 radical (unpaired) electrons. The molecule has 1 saturated carbocycles. The van der Waals surface area contributed by atoms with Crippen molar-refractivity contribution >= 4 is 15.7 Å². The van der Waals surface area contributed by atoms with Crippen LogP contribution in [-0.4, -0.2) is 43.3 Å². The summed E-state index contributed by atoms with van der Waals surface area (Å²) in [6, 6.07) is -0.0751. The lowest BCUT2D eigenvalue weighted by molar-refractivity contribution is -0.133. The van der Waals surface area contributed by atoms with Gasteiger partial charge in [-0.3, -0.25) is 4.79 Å². The highest BCUT2D eigenvalue weighted by atomic mass is 32.2. The Bertz CT molecular complexity index is 398. The molecule has 1 unspecified atom stereocenters. The predicted molar refractivity (Wildman–Crippen MR) is 71.0 cm³/mol. The topological polar surface area (TPSA) is 54.5 Å². The minimum Gasteiger partial charge on any atom is -0.339 e. The maximum Gasteiger partial charge on any atom is 0.223 e. The fourth-order valence-corrected chi connectivity index (χ4v) is 4.97. The molecule has 1 aliphatic heterocycles.